The van der Waals surface area contributed by atoms with Crippen molar-refractivity contribution >= 4 is 5.91 Å². The zero-order valence-electron chi connectivity index (χ0n) is 10.3. The number of carbonyl (C=O) groups is 1. The van der Waals surface area contributed by atoms with E-state index in [2.05, 4.69) is 0 Å². The topological polar surface area (TPSA) is 29.1 Å². The molecule has 0 aliphatic carbocycles. The average Bonchev–Trinajstić information content (AvgIpc) is 2.24. The molecule has 0 aromatic carbocycles. The Labute approximate surface area is 117 Å². The van der Waals surface area contributed by atoms with E-state index in [0.29, 0.717) is 0 Å². The van der Waals surface area contributed by atoms with Crippen LogP contribution in [0, 0.1) is 0 Å². The third-order valence-electron chi connectivity index (χ3n) is 2.27. The number of rotatable bonds is 5. The fourth-order valence-electron chi connectivity index (χ4n) is 1.07. The summed E-state index contributed by atoms with van der Waals surface area (Å²) >= 11 is 0. The number of carbonyl (C=O) groups excluding carboxylic acids is 1. The molecule has 0 bridgehead atoms. The van der Waals surface area contributed by atoms with Crippen LogP contribution in [0.5, 0.6) is 0 Å². The minimum Gasteiger partial charge on any atom is -0.292 e. The van der Waals surface area contributed by atoms with Gasteiger partial charge in [-0.15, -0.1) is 0 Å². The summed E-state index contributed by atoms with van der Waals surface area (Å²) in [5, 5.41) is -0.234. The summed E-state index contributed by atoms with van der Waals surface area (Å²) < 4.78 is 162. The third kappa shape index (κ3) is 3.00. The molecule has 1 N–H and O–H groups in total. The van der Waals surface area contributed by atoms with Crippen LogP contribution in [-0.2, 0) is 4.79 Å². The Morgan fingerprint density at radius 1 is 0.609 bits per heavy atom. The second kappa shape index (κ2) is 5.29. The van der Waals surface area contributed by atoms with Crippen molar-refractivity contribution < 1.29 is 61.9 Å². The van der Waals surface area contributed by atoms with Gasteiger partial charge in [0.2, 0.25) is 5.91 Å². The third-order valence-corrected chi connectivity index (χ3v) is 2.27. The van der Waals surface area contributed by atoms with Crippen molar-refractivity contribution in [2.45, 2.75) is 42.8 Å². The van der Waals surface area contributed by atoms with Gasteiger partial charge in [-0.05, 0) is 0 Å². The van der Waals surface area contributed by atoms with Crippen LogP contribution in [-0.4, -0.2) is 41.8 Å². The van der Waals surface area contributed by atoms with Gasteiger partial charge in [-0.3, -0.25) is 10.1 Å². The van der Waals surface area contributed by atoms with E-state index in [9.17, 15) is 61.9 Å². The van der Waals surface area contributed by atoms with E-state index in [-0.39, 0.29) is 12.2 Å². The molecule has 138 valence electrons. The monoisotopic (exact) mass is 377 g/mol. The van der Waals surface area contributed by atoms with Crippen LogP contribution in [0.1, 0.15) is 6.92 Å². The standard InChI is InChI=1S/C8H4F13NO/c1-2(23)22-8(20,21)6(15,16)4(11,12)3(9,10)5(13,14)7(17,18)19/h1H3,(H,22,23). The highest BCUT2D eigenvalue weighted by molar-refractivity contribution is 5.73. The highest BCUT2D eigenvalue weighted by Gasteiger charge is 2.91. The molecular formula is C8H4F13NO. The minimum atomic E-state index is -7.97. The summed E-state index contributed by atoms with van der Waals surface area (Å²) in [6.07, 6.45) is -7.46. The molecule has 0 heterocycles. The number of halogens is 13. The molecule has 1 amide bonds. The van der Waals surface area contributed by atoms with Crippen molar-refractivity contribution in [2.75, 3.05) is 0 Å². The summed E-state index contributed by atoms with van der Waals surface area (Å²) in [6.45, 7) is 0.0323. The zero-order valence-corrected chi connectivity index (χ0v) is 10.3. The van der Waals surface area contributed by atoms with Gasteiger partial charge in [0.05, 0.1) is 0 Å². The fourth-order valence-corrected chi connectivity index (χ4v) is 1.07. The first-order valence-corrected chi connectivity index (χ1v) is 4.91. The number of amides is 1. The lowest BCUT2D eigenvalue weighted by Crippen LogP contribution is -2.72. The van der Waals surface area contributed by atoms with E-state index >= 15 is 0 Å². The lowest BCUT2D eigenvalue weighted by molar-refractivity contribution is -0.441. The van der Waals surface area contributed by atoms with E-state index in [4.69, 9.17) is 0 Å². The quantitative estimate of drug-likeness (QED) is 0.573. The van der Waals surface area contributed by atoms with Gasteiger partial charge in [0.1, 0.15) is 0 Å². The van der Waals surface area contributed by atoms with Gasteiger partial charge < -0.3 is 0 Å². The maximum absolute atomic E-state index is 12.9. The van der Waals surface area contributed by atoms with Gasteiger partial charge in [-0.1, -0.05) is 0 Å². The van der Waals surface area contributed by atoms with Gasteiger partial charge >= 0.3 is 35.9 Å². The molecule has 0 saturated carbocycles. The fraction of sp³-hybridized carbons (Fsp3) is 0.875. The first-order chi connectivity index (χ1) is 9.67. The van der Waals surface area contributed by atoms with Crippen LogP contribution in [0.4, 0.5) is 57.1 Å². The summed E-state index contributed by atoms with van der Waals surface area (Å²) in [7, 11) is 0. The molecule has 0 aromatic heterocycles. The molecule has 0 atom stereocenters. The first-order valence-electron chi connectivity index (χ1n) is 4.91. The SMILES string of the molecule is CC(=O)NC(F)(F)C(F)(F)C(F)(F)C(F)(F)C(F)(F)C(F)(F)F. The van der Waals surface area contributed by atoms with Gasteiger partial charge in [0, 0.05) is 6.92 Å². The second-order valence-corrected chi connectivity index (χ2v) is 4.05. The summed E-state index contributed by atoms with van der Waals surface area (Å²) in [5.41, 5.74) is 0. The van der Waals surface area contributed by atoms with Crippen molar-refractivity contribution in [2.24, 2.45) is 0 Å². The van der Waals surface area contributed by atoms with Crippen LogP contribution >= 0.6 is 0 Å². The van der Waals surface area contributed by atoms with Gasteiger partial charge in [0.15, 0.2) is 0 Å². The Morgan fingerprint density at radius 2 is 0.913 bits per heavy atom. The smallest absolute Gasteiger partial charge is 0.292 e. The van der Waals surface area contributed by atoms with E-state index in [1.165, 1.54) is 0 Å². The lowest BCUT2D eigenvalue weighted by Gasteiger charge is -2.39. The maximum Gasteiger partial charge on any atom is 0.460 e. The van der Waals surface area contributed by atoms with Crippen molar-refractivity contribution in [3.63, 3.8) is 0 Å². The molecule has 0 aromatic rings. The molecule has 15 heteroatoms. The van der Waals surface area contributed by atoms with Crippen LogP contribution in [0.2, 0.25) is 0 Å². The Kier molecular flexibility index (Phi) is 4.96. The van der Waals surface area contributed by atoms with Crippen molar-refractivity contribution in [1.29, 1.82) is 0 Å². The first kappa shape index (κ1) is 21.6. The normalized spacial score (nSPS) is 15.6. The minimum absolute atomic E-state index is 0.0323. The lowest BCUT2D eigenvalue weighted by atomic mass is 9.96. The molecule has 0 fully saturated rings. The van der Waals surface area contributed by atoms with Gasteiger partial charge in [0.25, 0.3) is 0 Å². The molecule has 23 heavy (non-hydrogen) atoms. The molecule has 0 unspecified atom stereocenters. The number of alkyl halides is 13. The van der Waals surface area contributed by atoms with Crippen LogP contribution < -0.4 is 5.32 Å². The number of hydrogen-bond donors (Lipinski definition) is 1. The number of hydrogen-bond acceptors (Lipinski definition) is 1. The second-order valence-electron chi connectivity index (χ2n) is 4.05. The largest absolute Gasteiger partial charge is 0.460 e. The molecule has 0 saturated heterocycles. The molecule has 0 spiro atoms. The van der Waals surface area contributed by atoms with Crippen molar-refractivity contribution in [3.05, 3.63) is 0 Å². The van der Waals surface area contributed by atoms with Gasteiger partial charge in [-0.2, -0.15) is 57.1 Å². The van der Waals surface area contributed by atoms with Crippen LogP contribution in [0.3, 0.4) is 0 Å². The molecule has 0 aliphatic heterocycles. The van der Waals surface area contributed by atoms with Crippen molar-refractivity contribution in [1.82, 2.24) is 5.32 Å². The van der Waals surface area contributed by atoms with Crippen molar-refractivity contribution in [3.8, 4) is 0 Å². The van der Waals surface area contributed by atoms with Crippen LogP contribution in [0.15, 0.2) is 0 Å². The Morgan fingerprint density at radius 3 is 1.17 bits per heavy atom. The molecule has 0 aliphatic rings. The Hall–Kier alpha value is -1.44. The molecular weight excluding hydrogens is 373 g/mol. The van der Waals surface area contributed by atoms with E-state index < -0.39 is 41.8 Å². The predicted molar refractivity (Wildman–Crippen MR) is 44.6 cm³/mol. The van der Waals surface area contributed by atoms with E-state index in [1.54, 1.807) is 0 Å². The Bertz CT molecular complexity index is 465. The van der Waals surface area contributed by atoms with E-state index in [0.717, 1.165) is 0 Å². The van der Waals surface area contributed by atoms with Gasteiger partial charge in [-0.25, -0.2) is 0 Å². The molecule has 0 radical (unpaired) electrons. The maximum atomic E-state index is 12.9. The summed E-state index contributed by atoms with van der Waals surface area (Å²) in [5.74, 6) is -33.3. The number of nitrogens with one attached hydrogen (secondary N) is 1. The van der Waals surface area contributed by atoms with E-state index in [1.807, 2.05) is 0 Å². The Balaban J connectivity index is 6.19. The molecule has 0 rings (SSSR count). The highest BCUT2D eigenvalue weighted by atomic mass is 19.4. The zero-order chi connectivity index (χ0) is 19.3. The predicted octanol–water partition coefficient (Wildman–Crippen LogP) is 3.82. The molecule has 2 nitrogen and oxygen atoms in total. The van der Waals surface area contributed by atoms with Crippen LogP contribution in [0.25, 0.3) is 0 Å². The highest BCUT2D eigenvalue weighted by Crippen LogP contribution is 2.59. The summed E-state index contributed by atoms with van der Waals surface area (Å²) in [4.78, 5) is 10.2. The summed E-state index contributed by atoms with van der Waals surface area (Å²) in [6, 6.07) is -6.56. The average molecular weight is 377 g/mol.